The van der Waals surface area contributed by atoms with Gasteiger partial charge in [0.2, 0.25) is 0 Å². The largest absolute Gasteiger partial charge is 0.507 e. The Morgan fingerprint density at radius 3 is 2.21 bits per heavy atom. The lowest BCUT2D eigenvalue weighted by Gasteiger charge is -2.24. The first-order chi connectivity index (χ1) is 13.3. The van der Waals surface area contributed by atoms with Crippen LogP contribution in [-0.4, -0.2) is 39.3 Å². The summed E-state index contributed by atoms with van der Waals surface area (Å²) in [6.45, 7) is -0.237. The number of aliphatic hydroxyl groups is 1. The molecule has 0 saturated carbocycles. The second kappa shape index (κ2) is 7.82. The molecule has 2 aromatic rings. The second-order valence-corrected chi connectivity index (χ2v) is 6.63. The van der Waals surface area contributed by atoms with Crippen molar-refractivity contribution in [3.63, 3.8) is 0 Å². The monoisotopic (exact) mass is 403 g/mol. The van der Waals surface area contributed by atoms with Crippen molar-refractivity contribution in [1.29, 1.82) is 0 Å². The number of benzene rings is 2. The molecule has 3 rings (SSSR count). The molecule has 0 radical (unpaired) electrons. The molecule has 0 aliphatic carbocycles. The van der Waals surface area contributed by atoms with Crippen LogP contribution in [0.5, 0.6) is 0 Å². The standard InChI is InChI=1S/C20H15ClFNO5/c21-13-5-1-12(2-6-13)18(26)16-17(11-3-7-14(22)8-4-11)23(10-9-15(24)25)20(28)19(16)27/h1-8,17,26H,9-10H2,(H,24,25). The van der Waals surface area contributed by atoms with E-state index in [1.54, 1.807) is 0 Å². The highest BCUT2D eigenvalue weighted by Crippen LogP contribution is 2.39. The Kier molecular flexibility index (Phi) is 5.46. The van der Waals surface area contributed by atoms with E-state index in [4.69, 9.17) is 16.7 Å². The Labute approximate surface area is 164 Å². The first-order valence-electron chi connectivity index (χ1n) is 8.31. The van der Waals surface area contributed by atoms with Crippen molar-refractivity contribution in [3.05, 3.63) is 76.1 Å². The third-order valence-electron chi connectivity index (χ3n) is 4.41. The molecule has 2 aromatic carbocycles. The highest BCUT2D eigenvalue weighted by Gasteiger charge is 2.46. The van der Waals surface area contributed by atoms with Gasteiger partial charge in [0.25, 0.3) is 11.7 Å². The first kappa shape index (κ1) is 19.6. The van der Waals surface area contributed by atoms with E-state index in [1.807, 2.05) is 0 Å². The molecule has 1 saturated heterocycles. The van der Waals surface area contributed by atoms with E-state index in [9.17, 15) is 23.9 Å². The molecule has 0 spiro atoms. The van der Waals surface area contributed by atoms with E-state index in [1.165, 1.54) is 36.4 Å². The summed E-state index contributed by atoms with van der Waals surface area (Å²) in [5.41, 5.74) is 0.457. The van der Waals surface area contributed by atoms with E-state index < -0.39 is 35.3 Å². The molecule has 144 valence electrons. The van der Waals surface area contributed by atoms with E-state index in [2.05, 4.69) is 0 Å². The van der Waals surface area contributed by atoms with Gasteiger partial charge in [-0.3, -0.25) is 14.4 Å². The number of carboxylic acids is 1. The lowest BCUT2D eigenvalue weighted by molar-refractivity contribution is -0.142. The zero-order chi connectivity index (χ0) is 20.4. The number of carboxylic acid groups (broad SMARTS) is 1. The number of hydrogen-bond donors (Lipinski definition) is 2. The third-order valence-corrected chi connectivity index (χ3v) is 4.66. The van der Waals surface area contributed by atoms with Crippen molar-refractivity contribution >= 4 is 35.0 Å². The van der Waals surface area contributed by atoms with Crippen molar-refractivity contribution < 1.29 is 29.0 Å². The van der Waals surface area contributed by atoms with Crippen LogP contribution in [0.1, 0.15) is 23.6 Å². The number of ketones is 1. The van der Waals surface area contributed by atoms with Crippen LogP contribution in [0.4, 0.5) is 4.39 Å². The van der Waals surface area contributed by atoms with Gasteiger partial charge < -0.3 is 15.1 Å². The van der Waals surface area contributed by atoms with Crippen LogP contribution in [0.2, 0.25) is 5.02 Å². The summed E-state index contributed by atoms with van der Waals surface area (Å²) in [5, 5.41) is 20.1. The SMILES string of the molecule is O=C(O)CCN1C(=O)C(=O)C(=C(O)c2ccc(Cl)cc2)C1c1ccc(F)cc1. The first-order valence-corrected chi connectivity index (χ1v) is 8.69. The molecule has 8 heteroatoms. The normalized spacial score (nSPS) is 18.5. The molecular weight excluding hydrogens is 389 g/mol. The lowest BCUT2D eigenvalue weighted by atomic mass is 9.95. The molecule has 1 fully saturated rings. The summed E-state index contributed by atoms with van der Waals surface area (Å²) < 4.78 is 13.3. The van der Waals surface area contributed by atoms with Crippen LogP contribution in [0.25, 0.3) is 5.76 Å². The highest BCUT2D eigenvalue weighted by atomic mass is 35.5. The molecule has 0 bridgehead atoms. The Hall–Kier alpha value is -3.19. The number of aliphatic carboxylic acids is 1. The average Bonchev–Trinajstić information content (AvgIpc) is 2.91. The van der Waals surface area contributed by atoms with Gasteiger partial charge >= 0.3 is 5.97 Å². The molecule has 0 aromatic heterocycles. The summed E-state index contributed by atoms with van der Waals surface area (Å²) in [6.07, 6.45) is -0.383. The van der Waals surface area contributed by atoms with E-state index in [0.29, 0.717) is 10.6 Å². The minimum absolute atomic E-state index is 0.190. The summed E-state index contributed by atoms with van der Waals surface area (Å²) in [7, 11) is 0. The van der Waals surface area contributed by atoms with Gasteiger partial charge in [0.15, 0.2) is 0 Å². The molecule has 28 heavy (non-hydrogen) atoms. The van der Waals surface area contributed by atoms with Crippen LogP contribution in [0.15, 0.2) is 54.1 Å². The summed E-state index contributed by atoms with van der Waals surface area (Å²) in [5.74, 6) is -3.93. The van der Waals surface area contributed by atoms with Crippen molar-refractivity contribution in [2.75, 3.05) is 6.54 Å². The minimum atomic E-state index is -1.14. The van der Waals surface area contributed by atoms with Crippen molar-refractivity contribution in [2.45, 2.75) is 12.5 Å². The molecule has 6 nitrogen and oxygen atoms in total. The molecule has 1 aliphatic heterocycles. The van der Waals surface area contributed by atoms with Crippen molar-refractivity contribution in [2.24, 2.45) is 0 Å². The second-order valence-electron chi connectivity index (χ2n) is 6.19. The topological polar surface area (TPSA) is 94.9 Å². The fourth-order valence-electron chi connectivity index (χ4n) is 3.08. The van der Waals surface area contributed by atoms with Gasteiger partial charge in [-0.2, -0.15) is 0 Å². The van der Waals surface area contributed by atoms with E-state index in [-0.39, 0.29) is 24.1 Å². The molecule has 1 atom stereocenters. The zero-order valence-corrected chi connectivity index (χ0v) is 15.2. The van der Waals surface area contributed by atoms with Gasteiger partial charge in [0.05, 0.1) is 18.0 Å². The molecule has 2 N–H and O–H groups in total. The molecule has 1 unspecified atom stereocenters. The maximum Gasteiger partial charge on any atom is 0.305 e. The highest BCUT2D eigenvalue weighted by molar-refractivity contribution is 6.46. The van der Waals surface area contributed by atoms with Crippen molar-refractivity contribution in [1.82, 2.24) is 4.90 Å². The number of Topliss-reactive ketones (excluding diaryl/α,β-unsaturated/α-hetero) is 1. The van der Waals surface area contributed by atoms with Crippen LogP contribution < -0.4 is 0 Å². The van der Waals surface area contributed by atoms with Gasteiger partial charge in [0.1, 0.15) is 11.6 Å². The van der Waals surface area contributed by atoms with Crippen molar-refractivity contribution in [3.8, 4) is 0 Å². The Morgan fingerprint density at radius 1 is 1.04 bits per heavy atom. The van der Waals surface area contributed by atoms with Crippen LogP contribution in [-0.2, 0) is 14.4 Å². The predicted molar refractivity (Wildman–Crippen MR) is 99.1 cm³/mol. The average molecular weight is 404 g/mol. The number of aliphatic hydroxyl groups excluding tert-OH is 1. The van der Waals surface area contributed by atoms with Gasteiger partial charge in [-0.15, -0.1) is 0 Å². The number of carbonyl (C=O) groups excluding carboxylic acids is 2. The number of nitrogens with zero attached hydrogens (tertiary/aromatic N) is 1. The van der Waals surface area contributed by atoms with Crippen LogP contribution in [0.3, 0.4) is 0 Å². The number of halogens is 2. The van der Waals surface area contributed by atoms with Crippen LogP contribution in [0, 0.1) is 5.82 Å². The molecule has 1 aliphatic rings. The number of carbonyl (C=O) groups is 3. The lowest BCUT2D eigenvalue weighted by Crippen LogP contribution is -2.31. The minimum Gasteiger partial charge on any atom is -0.507 e. The predicted octanol–water partition coefficient (Wildman–Crippen LogP) is 3.38. The number of likely N-dealkylation sites (tertiary alicyclic amines) is 1. The quantitative estimate of drug-likeness (QED) is 0.453. The zero-order valence-electron chi connectivity index (χ0n) is 14.4. The maximum absolute atomic E-state index is 13.3. The number of amides is 1. The smallest absolute Gasteiger partial charge is 0.305 e. The molecular formula is C20H15ClFNO5. The van der Waals surface area contributed by atoms with Gasteiger partial charge in [-0.25, -0.2) is 4.39 Å². The number of hydrogen-bond acceptors (Lipinski definition) is 4. The summed E-state index contributed by atoms with van der Waals surface area (Å²) >= 11 is 5.84. The Bertz CT molecular complexity index is 969. The summed E-state index contributed by atoms with van der Waals surface area (Å²) in [4.78, 5) is 37.2. The maximum atomic E-state index is 13.3. The summed E-state index contributed by atoms with van der Waals surface area (Å²) in [6, 6.07) is 10.1. The molecule has 1 amide bonds. The Morgan fingerprint density at radius 2 is 1.64 bits per heavy atom. The van der Waals surface area contributed by atoms with Gasteiger partial charge in [-0.1, -0.05) is 23.7 Å². The number of rotatable bonds is 5. The fraction of sp³-hybridized carbons (Fsp3) is 0.150. The third kappa shape index (κ3) is 3.75. The fourth-order valence-corrected chi connectivity index (χ4v) is 3.21. The van der Waals surface area contributed by atoms with E-state index in [0.717, 1.165) is 17.0 Å². The van der Waals surface area contributed by atoms with Crippen LogP contribution >= 0.6 is 11.6 Å². The van der Waals surface area contributed by atoms with E-state index >= 15 is 0 Å². The van der Waals surface area contributed by atoms with Gasteiger partial charge in [0, 0.05) is 17.1 Å². The molecule has 1 heterocycles. The van der Waals surface area contributed by atoms with Gasteiger partial charge in [-0.05, 0) is 42.0 Å². The Balaban J connectivity index is 2.14.